The quantitative estimate of drug-likeness (QED) is 0.801. The standard InChI is InChI=1S/C11H12ClNO/c12-10-5-1-4-9-8(3-2-6-14)7-13-11(9)10/h1,4-5,7,13-14H,2-3,6H2. The molecule has 14 heavy (non-hydrogen) atoms. The molecular weight excluding hydrogens is 198 g/mol. The Hall–Kier alpha value is -0.990. The van der Waals surface area contributed by atoms with E-state index in [2.05, 4.69) is 4.98 Å². The second kappa shape index (κ2) is 4.03. The van der Waals surface area contributed by atoms with Crippen LogP contribution in [0.3, 0.4) is 0 Å². The summed E-state index contributed by atoms with van der Waals surface area (Å²) in [4.78, 5) is 3.15. The lowest BCUT2D eigenvalue weighted by Crippen LogP contribution is -1.87. The lowest BCUT2D eigenvalue weighted by molar-refractivity contribution is 0.289. The summed E-state index contributed by atoms with van der Waals surface area (Å²) >= 11 is 6.02. The fourth-order valence-electron chi connectivity index (χ4n) is 1.65. The highest BCUT2D eigenvalue weighted by Crippen LogP contribution is 2.25. The van der Waals surface area contributed by atoms with Crippen LogP contribution in [0.5, 0.6) is 0 Å². The van der Waals surface area contributed by atoms with Gasteiger partial charge in [0.25, 0.3) is 0 Å². The third kappa shape index (κ3) is 1.63. The number of hydrogen-bond acceptors (Lipinski definition) is 1. The van der Waals surface area contributed by atoms with Crippen LogP contribution in [-0.4, -0.2) is 16.7 Å². The maximum atomic E-state index is 8.76. The van der Waals surface area contributed by atoms with Crippen molar-refractivity contribution in [3.63, 3.8) is 0 Å². The molecule has 0 aliphatic heterocycles. The molecule has 0 saturated carbocycles. The van der Waals surface area contributed by atoms with Crippen molar-refractivity contribution in [1.29, 1.82) is 0 Å². The van der Waals surface area contributed by atoms with Crippen molar-refractivity contribution in [2.45, 2.75) is 12.8 Å². The molecule has 3 heteroatoms. The van der Waals surface area contributed by atoms with Crippen molar-refractivity contribution in [2.24, 2.45) is 0 Å². The molecular formula is C11H12ClNO. The van der Waals surface area contributed by atoms with Crippen molar-refractivity contribution in [1.82, 2.24) is 4.98 Å². The van der Waals surface area contributed by atoms with E-state index in [4.69, 9.17) is 16.7 Å². The van der Waals surface area contributed by atoms with E-state index < -0.39 is 0 Å². The highest BCUT2D eigenvalue weighted by molar-refractivity contribution is 6.35. The second-order valence-corrected chi connectivity index (χ2v) is 3.71. The number of aryl methyl sites for hydroxylation is 1. The first-order chi connectivity index (χ1) is 6.83. The Morgan fingerprint density at radius 2 is 2.21 bits per heavy atom. The van der Waals surface area contributed by atoms with Crippen LogP contribution in [0.15, 0.2) is 24.4 Å². The number of aliphatic hydroxyl groups excluding tert-OH is 1. The summed E-state index contributed by atoms with van der Waals surface area (Å²) < 4.78 is 0. The molecule has 1 aromatic heterocycles. The van der Waals surface area contributed by atoms with Gasteiger partial charge in [0.2, 0.25) is 0 Å². The average Bonchev–Trinajstić information content (AvgIpc) is 2.60. The first-order valence-electron chi connectivity index (χ1n) is 4.68. The van der Waals surface area contributed by atoms with Gasteiger partial charge in [0.1, 0.15) is 0 Å². The number of halogens is 1. The summed E-state index contributed by atoms with van der Waals surface area (Å²) in [5.74, 6) is 0. The van der Waals surface area contributed by atoms with Crippen LogP contribution in [0.2, 0.25) is 5.02 Å². The molecule has 1 aromatic carbocycles. The SMILES string of the molecule is OCCCc1c[nH]c2c(Cl)cccc12. The summed E-state index contributed by atoms with van der Waals surface area (Å²) in [6, 6.07) is 5.86. The van der Waals surface area contributed by atoms with Crippen molar-refractivity contribution in [2.75, 3.05) is 6.61 Å². The molecule has 2 nitrogen and oxygen atoms in total. The molecule has 0 fully saturated rings. The normalized spacial score (nSPS) is 11.0. The fourth-order valence-corrected chi connectivity index (χ4v) is 1.88. The predicted molar refractivity (Wildman–Crippen MR) is 58.7 cm³/mol. The van der Waals surface area contributed by atoms with Crippen LogP contribution in [0.25, 0.3) is 10.9 Å². The number of aliphatic hydroxyl groups is 1. The van der Waals surface area contributed by atoms with Gasteiger partial charge in [-0.3, -0.25) is 0 Å². The van der Waals surface area contributed by atoms with Gasteiger partial charge in [-0.2, -0.15) is 0 Å². The van der Waals surface area contributed by atoms with Crippen molar-refractivity contribution in [3.05, 3.63) is 35.0 Å². The van der Waals surface area contributed by atoms with Crippen LogP contribution in [-0.2, 0) is 6.42 Å². The topological polar surface area (TPSA) is 36.0 Å². The summed E-state index contributed by atoms with van der Waals surface area (Å²) in [5.41, 5.74) is 2.21. The Morgan fingerprint density at radius 3 is 3.00 bits per heavy atom. The summed E-state index contributed by atoms with van der Waals surface area (Å²) in [7, 11) is 0. The lowest BCUT2D eigenvalue weighted by Gasteiger charge is -1.97. The number of rotatable bonds is 3. The predicted octanol–water partition coefficient (Wildman–Crippen LogP) is 2.75. The fraction of sp³-hybridized carbons (Fsp3) is 0.273. The van der Waals surface area contributed by atoms with E-state index in [9.17, 15) is 0 Å². The van der Waals surface area contributed by atoms with Crippen LogP contribution in [0, 0.1) is 0 Å². The molecule has 74 valence electrons. The van der Waals surface area contributed by atoms with Gasteiger partial charge in [-0.1, -0.05) is 23.7 Å². The van der Waals surface area contributed by atoms with E-state index >= 15 is 0 Å². The molecule has 0 unspecified atom stereocenters. The third-order valence-electron chi connectivity index (χ3n) is 2.35. The summed E-state index contributed by atoms with van der Waals surface area (Å²) in [6.07, 6.45) is 3.64. The maximum Gasteiger partial charge on any atom is 0.0647 e. The van der Waals surface area contributed by atoms with Gasteiger partial charge in [-0.15, -0.1) is 0 Å². The van der Waals surface area contributed by atoms with Crippen LogP contribution in [0.1, 0.15) is 12.0 Å². The minimum Gasteiger partial charge on any atom is -0.396 e. The Morgan fingerprint density at radius 1 is 1.36 bits per heavy atom. The number of hydrogen-bond donors (Lipinski definition) is 2. The van der Waals surface area contributed by atoms with E-state index in [0.717, 1.165) is 28.8 Å². The number of H-pyrrole nitrogens is 1. The van der Waals surface area contributed by atoms with Gasteiger partial charge in [0.15, 0.2) is 0 Å². The average molecular weight is 210 g/mol. The number of fused-ring (bicyclic) bond motifs is 1. The molecule has 0 atom stereocenters. The number of nitrogens with one attached hydrogen (secondary N) is 1. The second-order valence-electron chi connectivity index (χ2n) is 3.30. The Kier molecular flexibility index (Phi) is 2.75. The molecule has 1 heterocycles. The molecule has 0 saturated heterocycles. The van der Waals surface area contributed by atoms with Crippen LogP contribution < -0.4 is 0 Å². The highest BCUT2D eigenvalue weighted by Gasteiger charge is 2.04. The molecule has 0 radical (unpaired) electrons. The molecule has 0 amide bonds. The Labute approximate surface area is 87.5 Å². The minimum atomic E-state index is 0.229. The Balaban J connectivity index is 2.42. The lowest BCUT2D eigenvalue weighted by atomic mass is 10.1. The first-order valence-corrected chi connectivity index (χ1v) is 5.06. The van der Waals surface area contributed by atoms with Gasteiger partial charge in [-0.25, -0.2) is 0 Å². The summed E-state index contributed by atoms with van der Waals surface area (Å²) in [5, 5.41) is 10.7. The van der Waals surface area contributed by atoms with Crippen molar-refractivity contribution >= 4 is 22.5 Å². The van der Waals surface area contributed by atoms with Gasteiger partial charge in [-0.05, 0) is 24.5 Å². The van der Waals surface area contributed by atoms with Gasteiger partial charge in [0, 0.05) is 18.2 Å². The molecule has 0 spiro atoms. The van der Waals surface area contributed by atoms with E-state index in [-0.39, 0.29) is 6.61 Å². The summed E-state index contributed by atoms with van der Waals surface area (Å²) in [6.45, 7) is 0.229. The number of aromatic amines is 1. The monoisotopic (exact) mass is 209 g/mol. The van der Waals surface area contributed by atoms with E-state index in [1.807, 2.05) is 24.4 Å². The third-order valence-corrected chi connectivity index (χ3v) is 2.67. The smallest absolute Gasteiger partial charge is 0.0647 e. The van der Waals surface area contributed by atoms with Crippen LogP contribution in [0.4, 0.5) is 0 Å². The van der Waals surface area contributed by atoms with Crippen LogP contribution >= 0.6 is 11.6 Å². The largest absolute Gasteiger partial charge is 0.396 e. The molecule has 0 bridgehead atoms. The van der Waals surface area contributed by atoms with E-state index in [0.29, 0.717) is 0 Å². The van der Waals surface area contributed by atoms with Crippen molar-refractivity contribution in [3.8, 4) is 0 Å². The Bertz CT molecular complexity index is 436. The molecule has 2 N–H and O–H groups in total. The highest BCUT2D eigenvalue weighted by atomic mass is 35.5. The van der Waals surface area contributed by atoms with Gasteiger partial charge in [0.05, 0.1) is 10.5 Å². The number of aromatic nitrogens is 1. The zero-order chi connectivity index (χ0) is 9.97. The maximum absolute atomic E-state index is 8.76. The molecule has 2 rings (SSSR count). The minimum absolute atomic E-state index is 0.229. The zero-order valence-corrected chi connectivity index (χ0v) is 8.51. The molecule has 0 aliphatic carbocycles. The van der Waals surface area contributed by atoms with Crippen molar-refractivity contribution < 1.29 is 5.11 Å². The molecule has 2 aromatic rings. The number of benzene rings is 1. The van der Waals surface area contributed by atoms with Gasteiger partial charge < -0.3 is 10.1 Å². The number of para-hydroxylation sites is 1. The van der Waals surface area contributed by atoms with E-state index in [1.165, 1.54) is 5.56 Å². The van der Waals surface area contributed by atoms with E-state index in [1.54, 1.807) is 0 Å². The zero-order valence-electron chi connectivity index (χ0n) is 7.76. The first kappa shape index (κ1) is 9.56. The van der Waals surface area contributed by atoms with Gasteiger partial charge >= 0.3 is 0 Å². The molecule has 0 aliphatic rings.